The van der Waals surface area contributed by atoms with Crippen LogP contribution in [0, 0.1) is 0 Å². The Bertz CT molecular complexity index is 979. The summed E-state index contributed by atoms with van der Waals surface area (Å²) in [7, 11) is 0. The van der Waals surface area contributed by atoms with Gasteiger partial charge in [-0.2, -0.15) is 0 Å². The number of hydrogen-bond donors (Lipinski definition) is 1. The molecule has 30 heavy (non-hydrogen) atoms. The Hall–Kier alpha value is -2.53. The topological polar surface area (TPSA) is 58.6 Å². The van der Waals surface area contributed by atoms with Crippen LogP contribution in [0.15, 0.2) is 42.5 Å². The average Bonchev–Trinajstić information content (AvgIpc) is 3.51. The normalized spacial score (nSPS) is 19.1. The van der Waals surface area contributed by atoms with E-state index in [1.54, 1.807) is 26.8 Å². The molecule has 2 aliphatic rings. The summed E-state index contributed by atoms with van der Waals surface area (Å²) in [5, 5.41) is 3.33. The molecular weight excluding hydrogens is 400 g/mol. The zero-order valence-corrected chi connectivity index (χ0v) is 18.3. The zero-order chi connectivity index (χ0) is 21.5. The average molecular weight is 427 g/mol. The minimum atomic E-state index is -0.701. The van der Waals surface area contributed by atoms with Gasteiger partial charge in [-0.15, -0.1) is 0 Å². The molecule has 1 aliphatic carbocycles. The first-order chi connectivity index (χ1) is 14.2. The molecule has 5 nitrogen and oxygen atoms in total. The van der Waals surface area contributed by atoms with Gasteiger partial charge >= 0.3 is 6.09 Å². The van der Waals surface area contributed by atoms with Crippen LogP contribution in [0.5, 0.6) is 0 Å². The van der Waals surface area contributed by atoms with Gasteiger partial charge in [0.05, 0.1) is 6.54 Å². The molecule has 2 aromatic carbocycles. The van der Waals surface area contributed by atoms with Crippen LogP contribution in [0.2, 0.25) is 5.02 Å². The predicted molar refractivity (Wildman–Crippen MR) is 119 cm³/mol. The maximum Gasteiger partial charge on any atom is 0.408 e. The monoisotopic (exact) mass is 426 g/mol. The summed E-state index contributed by atoms with van der Waals surface area (Å²) in [5.74, 6) is 0.532. The van der Waals surface area contributed by atoms with Gasteiger partial charge in [0.1, 0.15) is 11.6 Å². The lowest BCUT2D eigenvalue weighted by molar-refractivity contribution is -0.120. The smallest absolute Gasteiger partial charge is 0.408 e. The minimum absolute atomic E-state index is 0.0870. The molecule has 0 aromatic heterocycles. The Labute approximate surface area is 182 Å². The van der Waals surface area contributed by atoms with Gasteiger partial charge in [0.2, 0.25) is 0 Å². The largest absolute Gasteiger partial charge is 0.444 e. The van der Waals surface area contributed by atoms with E-state index in [0.29, 0.717) is 17.5 Å². The van der Waals surface area contributed by atoms with Gasteiger partial charge in [-0.05, 0) is 69.4 Å². The lowest BCUT2D eigenvalue weighted by Gasteiger charge is -2.29. The molecule has 1 heterocycles. The number of ketones is 1. The molecule has 4 rings (SSSR count). The number of hydrogen-bond acceptors (Lipinski definition) is 4. The van der Waals surface area contributed by atoms with E-state index in [1.807, 2.05) is 18.2 Å². The Morgan fingerprint density at radius 1 is 1.17 bits per heavy atom. The van der Waals surface area contributed by atoms with Crippen molar-refractivity contribution in [2.24, 2.45) is 0 Å². The summed E-state index contributed by atoms with van der Waals surface area (Å²) in [6, 6.07) is 13.4. The van der Waals surface area contributed by atoms with Crippen molar-refractivity contribution in [3.63, 3.8) is 0 Å². The van der Waals surface area contributed by atoms with Gasteiger partial charge in [-0.3, -0.25) is 4.79 Å². The molecule has 0 spiro atoms. The van der Waals surface area contributed by atoms with E-state index >= 15 is 0 Å². The summed E-state index contributed by atoms with van der Waals surface area (Å²) in [6.07, 6.45) is 2.00. The number of ether oxygens (including phenoxy) is 1. The van der Waals surface area contributed by atoms with Crippen molar-refractivity contribution in [3.05, 3.63) is 58.6 Å². The SMILES string of the molecule is CC(C)(C)OC(=O)N[C@H]1CN(c2cccc(C3CC3)c2)c2cccc(Cl)c2CC1=O. The fourth-order valence-electron chi connectivity index (χ4n) is 3.84. The highest BCUT2D eigenvalue weighted by Gasteiger charge is 2.33. The first-order valence-corrected chi connectivity index (χ1v) is 10.8. The fourth-order valence-corrected chi connectivity index (χ4v) is 4.08. The molecule has 0 unspecified atom stereocenters. The number of rotatable bonds is 3. The molecule has 6 heteroatoms. The van der Waals surface area contributed by atoms with Crippen molar-refractivity contribution in [1.29, 1.82) is 0 Å². The van der Waals surface area contributed by atoms with Gasteiger partial charge in [0.15, 0.2) is 5.78 Å². The number of benzene rings is 2. The summed E-state index contributed by atoms with van der Waals surface area (Å²) in [4.78, 5) is 27.5. The molecule has 1 amide bonds. The third-order valence-electron chi connectivity index (χ3n) is 5.41. The molecule has 0 bridgehead atoms. The van der Waals surface area contributed by atoms with Crippen LogP contribution in [-0.4, -0.2) is 30.1 Å². The fraction of sp³-hybridized carbons (Fsp3) is 0.417. The van der Waals surface area contributed by atoms with Crippen LogP contribution in [0.3, 0.4) is 0 Å². The van der Waals surface area contributed by atoms with Crippen molar-refractivity contribution in [1.82, 2.24) is 5.32 Å². The highest BCUT2D eigenvalue weighted by atomic mass is 35.5. The molecule has 158 valence electrons. The maximum atomic E-state index is 13.0. The number of amides is 1. The molecule has 1 saturated carbocycles. The van der Waals surface area contributed by atoms with Gasteiger partial charge in [-0.25, -0.2) is 4.79 Å². The van der Waals surface area contributed by atoms with Crippen molar-refractivity contribution in [2.75, 3.05) is 11.4 Å². The summed E-state index contributed by atoms with van der Waals surface area (Å²) < 4.78 is 5.38. The Kier molecular flexibility index (Phi) is 5.49. The van der Waals surface area contributed by atoms with Crippen molar-refractivity contribution < 1.29 is 14.3 Å². The van der Waals surface area contributed by atoms with Crippen molar-refractivity contribution >= 4 is 34.9 Å². The quantitative estimate of drug-likeness (QED) is 0.716. The van der Waals surface area contributed by atoms with Crippen LogP contribution < -0.4 is 10.2 Å². The first-order valence-electron chi connectivity index (χ1n) is 10.4. The third-order valence-corrected chi connectivity index (χ3v) is 5.77. The molecule has 2 aromatic rings. The number of alkyl carbamates (subject to hydrolysis) is 1. The summed E-state index contributed by atoms with van der Waals surface area (Å²) >= 11 is 6.47. The standard InChI is InChI=1S/C24H27ClN2O3/c1-24(2,3)30-23(29)26-20-14-27(17-7-4-6-16(12-17)15-10-11-15)21-9-5-8-19(25)18(21)13-22(20)28/h4-9,12,15,20H,10-11,13-14H2,1-3H3,(H,26,29)/t20-/m0/s1. The third kappa shape index (κ3) is 4.62. The number of carbonyl (C=O) groups is 2. The van der Waals surface area contributed by atoms with Gasteiger partial charge in [0.25, 0.3) is 0 Å². The highest BCUT2D eigenvalue weighted by Crippen LogP contribution is 2.42. The molecule has 1 atom stereocenters. The molecular formula is C24H27ClN2O3. The van der Waals surface area contributed by atoms with Crippen molar-refractivity contribution in [3.8, 4) is 0 Å². The number of halogens is 1. The van der Waals surface area contributed by atoms with Crippen molar-refractivity contribution in [2.45, 2.75) is 57.6 Å². The van der Waals surface area contributed by atoms with E-state index < -0.39 is 17.7 Å². The van der Waals surface area contributed by atoms with Crippen LogP contribution in [0.4, 0.5) is 16.2 Å². The van der Waals surface area contributed by atoms with E-state index in [0.717, 1.165) is 16.9 Å². The lowest BCUT2D eigenvalue weighted by atomic mass is 10.0. The second kappa shape index (κ2) is 7.95. The van der Waals surface area contributed by atoms with Crippen LogP contribution >= 0.6 is 11.6 Å². The Balaban J connectivity index is 1.69. The first kappa shape index (κ1) is 20.7. The van der Waals surface area contributed by atoms with E-state index in [2.05, 4.69) is 28.4 Å². The number of anilines is 2. The number of carbonyl (C=O) groups excluding carboxylic acids is 2. The zero-order valence-electron chi connectivity index (χ0n) is 17.6. The molecule has 0 saturated heterocycles. The van der Waals surface area contributed by atoms with Gasteiger partial charge < -0.3 is 15.0 Å². The highest BCUT2D eigenvalue weighted by molar-refractivity contribution is 6.32. The molecule has 0 radical (unpaired) electrons. The molecule has 1 fully saturated rings. The number of Topliss-reactive ketones (excluding diaryl/α,β-unsaturated/α-hetero) is 1. The summed E-state index contributed by atoms with van der Waals surface area (Å²) in [6.45, 7) is 5.71. The van der Waals surface area contributed by atoms with E-state index in [-0.39, 0.29) is 12.2 Å². The minimum Gasteiger partial charge on any atom is -0.444 e. The molecule has 1 N–H and O–H groups in total. The number of nitrogens with one attached hydrogen (secondary N) is 1. The van der Waals surface area contributed by atoms with Gasteiger partial charge in [-0.1, -0.05) is 29.8 Å². The van der Waals surface area contributed by atoms with E-state index in [9.17, 15) is 9.59 Å². The maximum absolute atomic E-state index is 13.0. The Morgan fingerprint density at radius 3 is 2.60 bits per heavy atom. The van der Waals surface area contributed by atoms with E-state index in [4.69, 9.17) is 16.3 Å². The second-order valence-corrected chi connectivity index (χ2v) is 9.47. The number of fused-ring (bicyclic) bond motifs is 1. The van der Waals surface area contributed by atoms with Crippen LogP contribution in [0.25, 0.3) is 0 Å². The summed E-state index contributed by atoms with van der Waals surface area (Å²) in [5.41, 5.74) is 3.35. The van der Waals surface area contributed by atoms with E-state index in [1.165, 1.54) is 18.4 Å². The predicted octanol–water partition coefficient (Wildman–Crippen LogP) is 5.37. The Morgan fingerprint density at radius 2 is 1.90 bits per heavy atom. The number of nitrogens with zero attached hydrogens (tertiary/aromatic N) is 1. The van der Waals surface area contributed by atoms with Gasteiger partial charge in [0, 0.05) is 28.4 Å². The molecule has 1 aliphatic heterocycles. The lowest BCUT2D eigenvalue weighted by Crippen LogP contribution is -2.48. The van der Waals surface area contributed by atoms with Crippen LogP contribution in [0.1, 0.15) is 50.7 Å². The van der Waals surface area contributed by atoms with Crippen LogP contribution in [-0.2, 0) is 16.0 Å². The second-order valence-electron chi connectivity index (χ2n) is 9.06.